The fraction of sp³-hybridized carbons (Fsp3) is 0.556. The summed E-state index contributed by atoms with van der Waals surface area (Å²) in [6, 6.07) is 7.60. The lowest BCUT2D eigenvalue weighted by Gasteiger charge is -2.22. The van der Waals surface area contributed by atoms with E-state index in [4.69, 9.17) is 5.26 Å². The average molecular weight is 363 g/mol. The Hall–Kier alpha value is -1.91. The summed E-state index contributed by atoms with van der Waals surface area (Å²) in [7, 11) is -2.36. The van der Waals surface area contributed by atoms with E-state index in [-0.39, 0.29) is 17.3 Å². The normalized spacial score (nSPS) is 15.7. The Balaban J connectivity index is 1.83. The standard InChI is InChI=1S/C18H25N3O3S/c1-21(25(23,24)17-9-7-16(13-19)8-10-17)14-18(22)20-12-11-15-5-3-2-4-6-15/h7-10,15H,2-6,11-12,14H2,1H3,(H,20,22). The van der Waals surface area contributed by atoms with Gasteiger partial charge in [-0.3, -0.25) is 4.79 Å². The molecule has 1 N–H and O–H groups in total. The first-order valence-corrected chi connectivity index (χ1v) is 10.1. The van der Waals surface area contributed by atoms with Crippen LogP contribution in [0.2, 0.25) is 0 Å². The van der Waals surface area contributed by atoms with Gasteiger partial charge in [0.25, 0.3) is 0 Å². The van der Waals surface area contributed by atoms with Gasteiger partial charge < -0.3 is 5.32 Å². The number of hydrogen-bond donors (Lipinski definition) is 1. The summed E-state index contributed by atoms with van der Waals surface area (Å²) >= 11 is 0. The SMILES string of the molecule is CN(CC(=O)NCCC1CCCCC1)S(=O)(=O)c1ccc(C#N)cc1. The van der Waals surface area contributed by atoms with E-state index in [1.54, 1.807) is 0 Å². The van der Waals surface area contributed by atoms with Crippen LogP contribution >= 0.6 is 0 Å². The zero-order valence-electron chi connectivity index (χ0n) is 14.6. The van der Waals surface area contributed by atoms with Gasteiger partial charge >= 0.3 is 0 Å². The molecule has 136 valence electrons. The number of rotatable bonds is 7. The van der Waals surface area contributed by atoms with Crippen LogP contribution in [-0.4, -0.2) is 38.8 Å². The van der Waals surface area contributed by atoms with Crippen molar-refractivity contribution in [3.05, 3.63) is 29.8 Å². The molecule has 0 saturated heterocycles. The predicted octanol–water partition coefficient (Wildman–Crippen LogP) is 2.27. The van der Waals surface area contributed by atoms with Crippen molar-refractivity contribution in [2.45, 2.75) is 43.4 Å². The molecule has 1 fully saturated rings. The summed E-state index contributed by atoms with van der Waals surface area (Å²) in [6.45, 7) is 0.376. The van der Waals surface area contributed by atoms with Gasteiger partial charge in [0.15, 0.2) is 0 Å². The van der Waals surface area contributed by atoms with Crippen LogP contribution < -0.4 is 5.32 Å². The summed E-state index contributed by atoms with van der Waals surface area (Å²) < 4.78 is 25.9. The molecule has 0 aliphatic heterocycles. The van der Waals surface area contributed by atoms with E-state index in [0.717, 1.165) is 10.7 Å². The van der Waals surface area contributed by atoms with E-state index >= 15 is 0 Å². The molecule has 1 saturated carbocycles. The first kappa shape index (κ1) is 19.4. The number of likely N-dealkylation sites (N-methyl/N-ethyl adjacent to an activating group) is 1. The molecular weight excluding hydrogens is 338 g/mol. The minimum absolute atomic E-state index is 0.0732. The van der Waals surface area contributed by atoms with Crippen LogP contribution in [0, 0.1) is 17.2 Å². The molecule has 7 heteroatoms. The van der Waals surface area contributed by atoms with Gasteiger partial charge in [0.1, 0.15) is 0 Å². The molecule has 0 spiro atoms. The largest absolute Gasteiger partial charge is 0.355 e. The lowest BCUT2D eigenvalue weighted by atomic mass is 9.87. The molecule has 1 aliphatic rings. The van der Waals surface area contributed by atoms with E-state index in [9.17, 15) is 13.2 Å². The molecule has 0 heterocycles. The van der Waals surface area contributed by atoms with E-state index in [0.29, 0.717) is 18.0 Å². The topological polar surface area (TPSA) is 90.3 Å². The fourth-order valence-electron chi connectivity index (χ4n) is 3.12. The summed E-state index contributed by atoms with van der Waals surface area (Å²) in [5, 5.41) is 11.6. The van der Waals surface area contributed by atoms with Crippen molar-refractivity contribution in [3.63, 3.8) is 0 Å². The van der Waals surface area contributed by atoms with Crippen LogP contribution in [0.1, 0.15) is 44.1 Å². The lowest BCUT2D eigenvalue weighted by Crippen LogP contribution is -2.39. The maximum absolute atomic E-state index is 12.5. The minimum Gasteiger partial charge on any atom is -0.355 e. The molecular formula is C18H25N3O3S. The van der Waals surface area contributed by atoms with Gasteiger partial charge in [0.05, 0.1) is 23.1 Å². The maximum atomic E-state index is 12.5. The molecule has 1 aliphatic carbocycles. The van der Waals surface area contributed by atoms with Crippen LogP contribution in [0.3, 0.4) is 0 Å². The Labute approximate surface area is 149 Å². The van der Waals surface area contributed by atoms with Gasteiger partial charge in [0, 0.05) is 13.6 Å². The number of sulfonamides is 1. The zero-order valence-corrected chi connectivity index (χ0v) is 15.4. The monoisotopic (exact) mass is 363 g/mol. The number of nitrogens with zero attached hydrogens (tertiary/aromatic N) is 2. The fourth-order valence-corrected chi connectivity index (χ4v) is 4.24. The Kier molecular flexibility index (Phi) is 6.97. The second kappa shape index (κ2) is 8.97. The van der Waals surface area contributed by atoms with Crippen LogP contribution in [0.5, 0.6) is 0 Å². The van der Waals surface area contributed by atoms with Crippen molar-refractivity contribution in [1.82, 2.24) is 9.62 Å². The van der Waals surface area contributed by atoms with Gasteiger partial charge in [-0.1, -0.05) is 32.1 Å². The number of carbonyl (C=O) groups is 1. The Morgan fingerprint density at radius 3 is 2.48 bits per heavy atom. The highest BCUT2D eigenvalue weighted by Gasteiger charge is 2.23. The summed E-state index contributed by atoms with van der Waals surface area (Å²) in [4.78, 5) is 12.1. The highest BCUT2D eigenvalue weighted by molar-refractivity contribution is 7.89. The molecule has 0 radical (unpaired) electrons. The first-order chi connectivity index (χ1) is 11.9. The Bertz CT molecular complexity index is 717. The van der Waals surface area contributed by atoms with Gasteiger partial charge in [-0.05, 0) is 36.6 Å². The molecule has 1 amide bonds. The quantitative estimate of drug-likeness (QED) is 0.804. The molecule has 0 bridgehead atoms. The third-order valence-corrected chi connectivity index (χ3v) is 6.47. The Morgan fingerprint density at radius 2 is 1.88 bits per heavy atom. The average Bonchev–Trinajstić information content (AvgIpc) is 2.62. The molecule has 6 nitrogen and oxygen atoms in total. The number of nitriles is 1. The zero-order chi connectivity index (χ0) is 18.3. The second-order valence-electron chi connectivity index (χ2n) is 6.54. The summed E-state index contributed by atoms with van der Waals surface area (Å²) in [6.07, 6.45) is 7.25. The number of carbonyl (C=O) groups excluding carboxylic acids is 1. The van der Waals surface area contributed by atoms with Crippen molar-refractivity contribution in [3.8, 4) is 6.07 Å². The molecule has 2 rings (SSSR count). The third kappa shape index (κ3) is 5.55. The van der Waals surface area contributed by atoms with Crippen molar-refractivity contribution in [1.29, 1.82) is 5.26 Å². The van der Waals surface area contributed by atoms with E-state index in [1.165, 1.54) is 63.4 Å². The summed E-state index contributed by atoms with van der Waals surface area (Å²) in [5.41, 5.74) is 0.391. The van der Waals surface area contributed by atoms with Gasteiger partial charge in [-0.15, -0.1) is 0 Å². The first-order valence-electron chi connectivity index (χ1n) is 8.66. The smallest absolute Gasteiger partial charge is 0.243 e. The molecule has 0 unspecified atom stereocenters. The van der Waals surface area contributed by atoms with E-state index in [1.807, 2.05) is 6.07 Å². The third-order valence-electron chi connectivity index (χ3n) is 4.66. The van der Waals surface area contributed by atoms with Crippen LogP contribution in [0.15, 0.2) is 29.2 Å². The minimum atomic E-state index is -3.74. The number of nitrogens with one attached hydrogen (secondary N) is 1. The van der Waals surface area contributed by atoms with E-state index in [2.05, 4.69) is 5.32 Å². The molecule has 1 aromatic carbocycles. The van der Waals surface area contributed by atoms with Crippen molar-refractivity contribution >= 4 is 15.9 Å². The predicted molar refractivity (Wildman–Crippen MR) is 95.2 cm³/mol. The van der Waals surface area contributed by atoms with Gasteiger partial charge in [-0.2, -0.15) is 9.57 Å². The maximum Gasteiger partial charge on any atom is 0.243 e. The molecule has 0 atom stereocenters. The summed E-state index contributed by atoms with van der Waals surface area (Å²) in [5.74, 6) is 0.379. The molecule has 1 aromatic rings. The number of benzene rings is 1. The molecule has 0 aromatic heterocycles. The lowest BCUT2D eigenvalue weighted by molar-refractivity contribution is -0.121. The number of amides is 1. The van der Waals surface area contributed by atoms with E-state index < -0.39 is 10.0 Å². The highest BCUT2D eigenvalue weighted by Crippen LogP contribution is 2.25. The van der Waals surface area contributed by atoms with Crippen LogP contribution in [0.25, 0.3) is 0 Å². The molecule has 25 heavy (non-hydrogen) atoms. The van der Waals surface area contributed by atoms with Gasteiger partial charge in [0.2, 0.25) is 15.9 Å². The van der Waals surface area contributed by atoms with Gasteiger partial charge in [-0.25, -0.2) is 8.42 Å². The van der Waals surface area contributed by atoms with Crippen LogP contribution in [-0.2, 0) is 14.8 Å². The second-order valence-corrected chi connectivity index (χ2v) is 8.58. The highest BCUT2D eigenvalue weighted by atomic mass is 32.2. The van der Waals surface area contributed by atoms with Crippen molar-refractivity contribution < 1.29 is 13.2 Å². The Morgan fingerprint density at radius 1 is 1.24 bits per heavy atom. The number of hydrogen-bond acceptors (Lipinski definition) is 4. The van der Waals surface area contributed by atoms with Crippen molar-refractivity contribution in [2.75, 3.05) is 20.1 Å². The van der Waals surface area contributed by atoms with Crippen molar-refractivity contribution in [2.24, 2.45) is 5.92 Å². The van der Waals surface area contributed by atoms with Crippen LogP contribution in [0.4, 0.5) is 0 Å².